The van der Waals surface area contributed by atoms with Crippen LogP contribution in [0.15, 0.2) is 15.5 Å². The predicted octanol–water partition coefficient (Wildman–Crippen LogP) is 4.75. The normalized spacial score (nSPS) is 17.0. The first-order valence-corrected chi connectivity index (χ1v) is 10.4. The number of carbonyl (C=O) groups excluding carboxylic acids is 1. The lowest BCUT2D eigenvalue weighted by atomic mass is 10.0. The minimum atomic E-state index is -2.80. The van der Waals surface area contributed by atoms with Crippen molar-refractivity contribution in [1.82, 2.24) is 9.55 Å². The molecule has 30 heavy (non-hydrogen) atoms. The number of nitrogen functional groups attached to an aromatic ring is 1. The number of nitrogens with one attached hydrogen (secondary N) is 1. The third-order valence-electron chi connectivity index (χ3n) is 4.94. The molecule has 0 spiro atoms. The fourth-order valence-corrected chi connectivity index (χ4v) is 4.15. The molecule has 2 aromatic rings. The zero-order valence-electron chi connectivity index (χ0n) is 16.2. The second-order valence-corrected chi connectivity index (χ2v) is 8.08. The number of alkyl halides is 3. The standard InChI is InChI=1S/C19H20BrF3N4O2S/c1-3-29-18(28)16(15-13-4-9(21)7-27(13)19(30)26-15)25-6-11-10(17(22)23)5-12(20)8(2)14(11)24/h5-6,9,16-17H,3-4,7,24H2,1-2H3,(H,26,30)/t9-,16?/m1/s1. The largest absolute Gasteiger partial charge is 0.464 e. The van der Waals surface area contributed by atoms with E-state index in [2.05, 4.69) is 25.9 Å². The van der Waals surface area contributed by atoms with Crippen molar-refractivity contribution < 1.29 is 22.7 Å². The number of halogens is 4. The molecule has 0 radical (unpaired) electrons. The first-order valence-electron chi connectivity index (χ1n) is 9.17. The van der Waals surface area contributed by atoms with Gasteiger partial charge in [-0.3, -0.25) is 4.99 Å². The molecule has 0 fully saturated rings. The van der Waals surface area contributed by atoms with Gasteiger partial charge in [-0.15, -0.1) is 0 Å². The molecule has 2 atom stereocenters. The maximum absolute atomic E-state index is 13.9. The zero-order valence-corrected chi connectivity index (χ0v) is 18.6. The van der Waals surface area contributed by atoms with Crippen molar-refractivity contribution in [3.05, 3.63) is 43.4 Å². The highest BCUT2D eigenvalue weighted by Gasteiger charge is 2.32. The number of aromatic nitrogens is 2. The van der Waals surface area contributed by atoms with Gasteiger partial charge in [0, 0.05) is 39.6 Å². The van der Waals surface area contributed by atoms with Crippen LogP contribution in [0.1, 0.15) is 47.5 Å². The van der Waals surface area contributed by atoms with Crippen LogP contribution in [0.5, 0.6) is 0 Å². The second kappa shape index (κ2) is 8.93. The summed E-state index contributed by atoms with van der Waals surface area (Å²) in [5, 5.41) is 0. The van der Waals surface area contributed by atoms with Crippen molar-refractivity contribution in [3.8, 4) is 0 Å². The lowest BCUT2D eigenvalue weighted by Gasteiger charge is -2.15. The summed E-state index contributed by atoms with van der Waals surface area (Å²) in [5.41, 5.74) is 7.22. The molecule has 2 heterocycles. The summed E-state index contributed by atoms with van der Waals surface area (Å²) in [5.74, 6) is -0.707. The van der Waals surface area contributed by atoms with Crippen LogP contribution in [-0.2, 0) is 22.5 Å². The quantitative estimate of drug-likeness (QED) is 0.257. The minimum absolute atomic E-state index is 0.0119. The van der Waals surface area contributed by atoms with Gasteiger partial charge in [0.25, 0.3) is 6.43 Å². The van der Waals surface area contributed by atoms with Gasteiger partial charge in [-0.05, 0) is 37.7 Å². The van der Waals surface area contributed by atoms with Crippen molar-refractivity contribution in [2.45, 2.75) is 45.5 Å². The van der Waals surface area contributed by atoms with Crippen LogP contribution in [0.25, 0.3) is 0 Å². The predicted molar refractivity (Wildman–Crippen MR) is 113 cm³/mol. The van der Waals surface area contributed by atoms with Gasteiger partial charge in [0.1, 0.15) is 6.17 Å². The van der Waals surface area contributed by atoms with E-state index >= 15 is 0 Å². The Kier molecular flexibility index (Phi) is 6.71. The van der Waals surface area contributed by atoms with Gasteiger partial charge in [0.05, 0.1) is 18.8 Å². The molecule has 1 aromatic heterocycles. The molecular weight excluding hydrogens is 485 g/mol. The second-order valence-electron chi connectivity index (χ2n) is 6.84. The molecule has 3 N–H and O–H groups in total. The number of ether oxygens (including phenoxy) is 1. The van der Waals surface area contributed by atoms with E-state index in [0.29, 0.717) is 21.4 Å². The first-order chi connectivity index (χ1) is 14.1. The van der Waals surface area contributed by atoms with Crippen LogP contribution < -0.4 is 5.73 Å². The Morgan fingerprint density at radius 2 is 2.27 bits per heavy atom. The zero-order chi connectivity index (χ0) is 22.2. The van der Waals surface area contributed by atoms with E-state index < -0.39 is 24.6 Å². The van der Waals surface area contributed by atoms with E-state index in [0.717, 1.165) is 6.21 Å². The summed E-state index contributed by atoms with van der Waals surface area (Å²) >= 11 is 8.44. The molecule has 162 valence electrons. The van der Waals surface area contributed by atoms with Crippen LogP contribution >= 0.6 is 28.1 Å². The number of aromatic amines is 1. The summed E-state index contributed by atoms with van der Waals surface area (Å²) in [4.78, 5) is 19.7. The summed E-state index contributed by atoms with van der Waals surface area (Å²) < 4.78 is 48.4. The van der Waals surface area contributed by atoms with Crippen molar-refractivity contribution in [2.75, 3.05) is 12.3 Å². The Morgan fingerprint density at radius 1 is 1.57 bits per heavy atom. The first kappa shape index (κ1) is 22.5. The van der Waals surface area contributed by atoms with E-state index in [-0.39, 0.29) is 41.2 Å². The minimum Gasteiger partial charge on any atom is -0.464 e. The molecule has 1 aromatic carbocycles. The van der Waals surface area contributed by atoms with Crippen LogP contribution in [0.2, 0.25) is 0 Å². The molecule has 6 nitrogen and oxygen atoms in total. The smallest absolute Gasteiger partial charge is 0.337 e. The molecule has 0 saturated carbocycles. The van der Waals surface area contributed by atoms with E-state index in [4.69, 9.17) is 22.7 Å². The number of nitrogens with two attached hydrogens (primary N) is 1. The number of anilines is 1. The average molecular weight is 505 g/mol. The molecular formula is C19H20BrF3N4O2S. The van der Waals surface area contributed by atoms with Gasteiger partial charge in [-0.25, -0.2) is 18.0 Å². The molecule has 0 amide bonds. The highest BCUT2D eigenvalue weighted by atomic mass is 79.9. The van der Waals surface area contributed by atoms with Crippen LogP contribution in [0.3, 0.4) is 0 Å². The lowest BCUT2D eigenvalue weighted by molar-refractivity contribution is -0.144. The molecule has 11 heteroatoms. The number of hydrogen-bond acceptors (Lipinski definition) is 5. The Balaban J connectivity index is 2.10. The van der Waals surface area contributed by atoms with E-state index in [1.807, 2.05) is 0 Å². The van der Waals surface area contributed by atoms with Crippen LogP contribution in [-0.4, -0.2) is 34.5 Å². The fraction of sp³-hybridized carbons (Fsp3) is 0.421. The lowest BCUT2D eigenvalue weighted by Crippen LogP contribution is -2.17. The fourth-order valence-electron chi connectivity index (χ4n) is 3.39. The Bertz CT molecular complexity index is 1070. The Morgan fingerprint density at radius 3 is 2.90 bits per heavy atom. The molecule has 1 unspecified atom stereocenters. The third-order valence-corrected chi connectivity index (χ3v) is 6.08. The summed E-state index contributed by atoms with van der Waals surface area (Å²) in [6.07, 6.45) is -2.73. The summed E-state index contributed by atoms with van der Waals surface area (Å²) in [6, 6.07) is 0.0518. The van der Waals surface area contributed by atoms with Crippen molar-refractivity contribution in [1.29, 1.82) is 0 Å². The Labute approximate surface area is 184 Å². The SMILES string of the molecule is CCOC(=O)C(N=Cc1c(C(F)F)cc(Br)c(C)c1N)c1[nH]c(=S)n2c1C[C@@H](F)C2. The molecule has 0 saturated heterocycles. The monoisotopic (exact) mass is 504 g/mol. The number of imidazole rings is 1. The van der Waals surface area contributed by atoms with E-state index in [1.165, 1.54) is 6.07 Å². The van der Waals surface area contributed by atoms with E-state index in [9.17, 15) is 18.0 Å². The van der Waals surface area contributed by atoms with Gasteiger partial charge in [-0.2, -0.15) is 0 Å². The van der Waals surface area contributed by atoms with Gasteiger partial charge in [-0.1, -0.05) is 15.9 Å². The number of aliphatic imine (C=N–C) groups is 1. The van der Waals surface area contributed by atoms with Gasteiger partial charge >= 0.3 is 5.97 Å². The van der Waals surface area contributed by atoms with Crippen LogP contribution in [0, 0.1) is 11.7 Å². The van der Waals surface area contributed by atoms with Crippen molar-refractivity contribution >= 4 is 46.0 Å². The maximum atomic E-state index is 13.9. The average Bonchev–Trinajstić information content (AvgIpc) is 3.20. The number of fused-ring (bicyclic) bond motifs is 1. The maximum Gasteiger partial charge on any atom is 0.337 e. The number of hydrogen-bond donors (Lipinski definition) is 2. The highest BCUT2D eigenvalue weighted by molar-refractivity contribution is 9.10. The molecule has 0 bridgehead atoms. The molecule has 3 rings (SSSR count). The number of carbonyl (C=O) groups is 1. The van der Waals surface area contributed by atoms with Gasteiger partial charge in [0.15, 0.2) is 10.8 Å². The summed E-state index contributed by atoms with van der Waals surface area (Å²) in [6.45, 7) is 3.48. The van der Waals surface area contributed by atoms with Gasteiger partial charge < -0.3 is 20.0 Å². The third kappa shape index (κ3) is 4.18. The van der Waals surface area contributed by atoms with Crippen LogP contribution in [0.4, 0.5) is 18.9 Å². The number of H-pyrrole nitrogens is 1. The van der Waals surface area contributed by atoms with E-state index in [1.54, 1.807) is 18.4 Å². The molecule has 1 aliphatic rings. The van der Waals surface area contributed by atoms with Crippen molar-refractivity contribution in [3.63, 3.8) is 0 Å². The highest BCUT2D eigenvalue weighted by Crippen LogP contribution is 2.34. The Hall–Kier alpha value is -2.14. The molecule has 1 aliphatic heterocycles. The number of esters is 1. The summed E-state index contributed by atoms with van der Waals surface area (Å²) in [7, 11) is 0. The number of nitrogens with zero attached hydrogens (tertiary/aromatic N) is 2. The number of rotatable bonds is 6. The van der Waals surface area contributed by atoms with Crippen molar-refractivity contribution in [2.24, 2.45) is 4.99 Å². The topological polar surface area (TPSA) is 85.4 Å². The number of benzene rings is 1. The molecule has 0 aliphatic carbocycles. The van der Waals surface area contributed by atoms with Gasteiger partial charge in [0.2, 0.25) is 0 Å².